The lowest BCUT2D eigenvalue weighted by molar-refractivity contribution is 0.597. The van der Waals surface area contributed by atoms with Gasteiger partial charge in [-0.1, -0.05) is 32.4 Å². The highest BCUT2D eigenvalue weighted by molar-refractivity contribution is 7.90. The molecule has 18 heavy (non-hydrogen) atoms. The first-order valence-corrected chi connectivity index (χ1v) is 7.06. The Balaban J connectivity index is 3.35. The van der Waals surface area contributed by atoms with Gasteiger partial charge in [0.05, 0.1) is 4.90 Å². The Morgan fingerprint density at radius 2 is 2.17 bits per heavy atom. The van der Waals surface area contributed by atoms with Crippen molar-refractivity contribution in [2.24, 2.45) is 4.52 Å². The minimum absolute atomic E-state index is 0.0596. The Morgan fingerprint density at radius 1 is 1.44 bits per heavy atom. The average Bonchev–Trinajstić information content (AvgIpc) is 2.31. The number of benzene rings is 1. The van der Waals surface area contributed by atoms with Crippen LogP contribution in [0.5, 0.6) is 0 Å². The van der Waals surface area contributed by atoms with Gasteiger partial charge in [0.15, 0.2) is 0 Å². The van der Waals surface area contributed by atoms with Crippen LogP contribution in [-0.4, -0.2) is 8.42 Å². The molecule has 0 heterocycles. The van der Waals surface area contributed by atoms with Gasteiger partial charge >= 0.3 is 0 Å². The smallest absolute Gasteiger partial charge is 0.216 e. The summed E-state index contributed by atoms with van der Waals surface area (Å²) in [7, 11) is -3.95. The zero-order chi connectivity index (χ0) is 13.6. The summed E-state index contributed by atoms with van der Waals surface area (Å²) in [6, 6.07) is 5.18. The van der Waals surface area contributed by atoms with Crippen molar-refractivity contribution in [2.45, 2.75) is 31.6 Å². The van der Waals surface area contributed by atoms with Gasteiger partial charge in [0.2, 0.25) is 0 Å². The van der Waals surface area contributed by atoms with Gasteiger partial charge < -0.3 is 0 Å². The van der Waals surface area contributed by atoms with Gasteiger partial charge in [-0.15, -0.1) is 0 Å². The molecule has 0 fully saturated rings. The van der Waals surface area contributed by atoms with Crippen LogP contribution in [0.15, 0.2) is 27.6 Å². The highest BCUT2D eigenvalue weighted by Crippen LogP contribution is 2.23. The second-order valence-electron chi connectivity index (χ2n) is 3.77. The van der Waals surface area contributed by atoms with E-state index < -0.39 is 10.0 Å². The molecule has 2 radical (unpaired) electrons. The molecule has 0 amide bonds. The fraction of sp³-hybridized carbons (Fsp3) is 0.333. The summed E-state index contributed by atoms with van der Waals surface area (Å²) in [6.07, 6.45) is 5.12. The van der Waals surface area contributed by atoms with E-state index in [1.54, 1.807) is 31.9 Å². The zero-order valence-electron chi connectivity index (χ0n) is 10.4. The second-order valence-corrected chi connectivity index (χ2v) is 5.32. The molecule has 0 aromatic heterocycles. The van der Waals surface area contributed by atoms with E-state index in [2.05, 4.69) is 9.43 Å². The van der Waals surface area contributed by atoms with E-state index in [9.17, 15) is 8.42 Å². The third-order valence-electron chi connectivity index (χ3n) is 2.38. The average molecular weight is 265 g/mol. The molecule has 0 aliphatic rings. The molecule has 1 aromatic rings. The molecule has 0 saturated heterocycles. The Labute approximate surface area is 108 Å². The standard InChI is InChI=1S/C12H15N3O2S/c1-3-5-10-7-8-11(6-4-2)12(9-10)18(16,17)15-14-13/h4,6-9H,3,5H2,1-2H3. The predicted octanol–water partition coefficient (Wildman–Crippen LogP) is 3.41. The Morgan fingerprint density at radius 3 is 2.72 bits per heavy atom. The number of aryl methyl sites for hydroxylation is 1. The van der Waals surface area contributed by atoms with E-state index >= 15 is 0 Å². The molecule has 0 aliphatic heterocycles. The summed E-state index contributed by atoms with van der Waals surface area (Å²) in [5.41, 5.74) is 9.76. The molecular formula is C12H15N3O2S. The van der Waals surface area contributed by atoms with Crippen molar-refractivity contribution in [1.29, 1.82) is 0 Å². The van der Waals surface area contributed by atoms with Crippen LogP contribution >= 0.6 is 0 Å². The van der Waals surface area contributed by atoms with Gasteiger partial charge in [0, 0.05) is 9.43 Å². The van der Waals surface area contributed by atoms with Crippen LogP contribution < -0.4 is 0 Å². The van der Waals surface area contributed by atoms with Gasteiger partial charge in [-0.2, -0.15) is 0 Å². The predicted molar refractivity (Wildman–Crippen MR) is 70.1 cm³/mol. The van der Waals surface area contributed by atoms with Crippen molar-refractivity contribution >= 4 is 10.0 Å². The van der Waals surface area contributed by atoms with Crippen molar-refractivity contribution < 1.29 is 8.42 Å². The molecule has 0 atom stereocenters. The molecule has 0 spiro atoms. The number of azide groups is 1. The number of rotatable bonds is 6. The van der Waals surface area contributed by atoms with Gasteiger partial charge in [0.25, 0.3) is 10.0 Å². The van der Waals surface area contributed by atoms with Crippen molar-refractivity contribution in [3.05, 3.63) is 52.6 Å². The normalized spacial score (nSPS) is 11.0. The Hall–Kier alpha value is -1.52. The monoisotopic (exact) mass is 265 g/mol. The van der Waals surface area contributed by atoms with Crippen molar-refractivity contribution in [3.63, 3.8) is 0 Å². The van der Waals surface area contributed by atoms with Crippen LogP contribution in [-0.2, 0) is 16.4 Å². The second kappa shape index (κ2) is 6.42. The molecule has 6 heteroatoms. The van der Waals surface area contributed by atoms with E-state index in [0.717, 1.165) is 18.4 Å². The van der Waals surface area contributed by atoms with Gasteiger partial charge in [-0.05, 0) is 42.0 Å². The minimum Gasteiger partial charge on any atom is -0.216 e. The largest absolute Gasteiger partial charge is 0.264 e. The maximum Gasteiger partial charge on any atom is 0.264 e. The van der Waals surface area contributed by atoms with E-state index in [-0.39, 0.29) is 4.90 Å². The van der Waals surface area contributed by atoms with Crippen LogP contribution in [0.3, 0.4) is 0 Å². The maximum atomic E-state index is 11.8. The lowest BCUT2D eigenvalue weighted by Gasteiger charge is -2.08. The fourth-order valence-corrected chi connectivity index (χ4v) is 2.57. The first-order chi connectivity index (χ1) is 8.55. The van der Waals surface area contributed by atoms with E-state index in [1.807, 2.05) is 13.0 Å². The lowest BCUT2D eigenvalue weighted by Crippen LogP contribution is -2.02. The van der Waals surface area contributed by atoms with Gasteiger partial charge in [0.1, 0.15) is 0 Å². The highest BCUT2D eigenvalue weighted by atomic mass is 32.2. The van der Waals surface area contributed by atoms with Gasteiger partial charge in [-0.3, -0.25) is 0 Å². The van der Waals surface area contributed by atoms with Crippen molar-refractivity contribution in [2.75, 3.05) is 0 Å². The maximum absolute atomic E-state index is 11.8. The molecule has 1 rings (SSSR count). The molecular weight excluding hydrogens is 250 g/mol. The molecule has 0 unspecified atom stereocenters. The highest BCUT2D eigenvalue weighted by Gasteiger charge is 2.17. The SMILES string of the molecule is C[CH][CH]c1ccc(CCC)cc1S(=O)(=O)N=[N+]=[N-]. The molecule has 0 N–H and O–H groups in total. The summed E-state index contributed by atoms with van der Waals surface area (Å²) in [4.78, 5) is 2.43. The quantitative estimate of drug-likeness (QED) is 0.448. The lowest BCUT2D eigenvalue weighted by atomic mass is 10.1. The van der Waals surface area contributed by atoms with Crippen molar-refractivity contribution in [1.82, 2.24) is 0 Å². The Bertz CT molecular complexity index is 561. The molecule has 0 bridgehead atoms. The number of hydrogen-bond acceptors (Lipinski definition) is 2. The third kappa shape index (κ3) is 3.48. The first kappa shape index (κ1) is 14.5. The van der Waals surface area contributed by atoms with E-state index in [4.69, 9.17) is 5.53 Å². The summed E-state index contributed by atoms with van der Waals surface area (Å²) in [5.74, 6) is 0. The third-order valence-corrected chi connectivity index (χ3v) is 3.58. The molecule has 0 saturated carbocycles. The van der Waals surface area contributed by atoms with Crippen LogP contribution in [0.4, 0.5) is 0 Å². The molecule has 96 valence electrons. The molecule has 1 aromatic carbocycles. The fourth-order valence-electron chi connectivity index (χ4n) is 1.66. The summed E-state index contributed by atoms with van der Waals surface area (Å²) >= 11 is 0. The van der Waals surface area contributed by atoms with Crippen LogP contribution in [0.1, 0.15) is 31.4 Å². The minimum atomic E-state index is -3.95. The summed E-state index contributed by atoms with van der Waals surface area (Å²) in [5, 5.41) is 0. The number of hydrogen-bond donors (Lipinski definition) is 0. The van der Waals surface area contributed by atoms with Crippen molar-refractivity contribution in [3.8, 4) is 0 Å². The summed E-state index contributed by atoms with van der Waals surface area (Å²) < 4.78 is 26.5. The summed E-state index contributed by atoms with van der Waals surface area (Å²) in [6.45, 7) is 3.81. The molecule has 5 nitrogen and oxygen atoms in total. The van der Waals surface area contributed by atoms with Crippen LogP contribution in [0, 0.1) is 12.8 Å². The van der Waals surface area contributed by atoms with Gasteiger partial charge in [-0.25, -0.2) is 8.42 Å². The first-order valence-electron chi connectivity index (χ1n) is 5.62. The number of nitrogens with zero attached hydrogens (tertiary/aromatic N) is 3. The number of sulfonamides is 1. The molecule has 0 aliphatic carbocycles. The van der Waals surface area contributed by atoms with E-state index in [0.29, 0.717) is 5.56 Å². The van der Waals surface area contributed by atoms with Crippen LogP contribution in [0.25, 0.3) is 10.4 Å². The Kier molecular flexibility index (Phi) is 5.19. The van der Waals surface area contributed by atoms with E-state index in [1.165, 1.54) is 0 Å². The topological polar surface area (TPSA) is 82.9 Å². The van der Waals surface area contributed by atoms with Crippen LogP contribution in [0.2, 0.25) is 0 Å². The zero-order valence-corrected chi connectivity index (χ0v) is 11.2.